The van der Waals surface area contributed by atoms with Gasteiger partial charge in [-0.15, -0.1) is 0 Å². The molecule has 0 aromatic heterocycles. The maximum absolute atomic E-state index is 8.87. The van der Waals surface area contributed by atoms with Gasteiger partial charge in [-0.3, -0.25) is 0 Å². The third kappa shape index (κ3) is 4.57. The van der Waals surface area contributed by atoms with E-state index in [2.05, 4.69) is 23.2 Å². The molecule has 0 radical (unpaired) electrons. The highest BCUT2D eigenvalue weighted by atomic mass is 15.1. The first-order valence-electron chi connectivity index (χ1n) is 7.24. The van der Waals surface area contributed by atoms with Crippen LogP contribution in [0.25, 0.3) is 0 Å². The van der Waals surface area contributed by atoms with Crippen molar-refractivity contribution >= 4 is 5.69 Å². The molecule has 1 N–H and O–H groups in total. The number of benzene rings is 1. The molecule has 0 bridgehead atoms. The van der Waals surface area contributed by atoms with Crippen LogP contribution in [0.5, 0.6) is 0 Å². The molecule has 2 rings (SSSR count). The van der Waals surface area contributed by atoms with E-state index in [1.54, 1.807) is 0 Å². The molecule has 1 heterocycles. The van der Waals surface area contributed by atoms with Crippen LogP contribution in [0.4, 0.5) is 5.69 Å². The average Bonchev–Trinajstić information content (AvgIpc) is 2.46. The second-order valence-electron chi connectivity index (χ2n) is 5.54. The molecule has 0 saturated carbocycles. The van der Waals surface area contributed by atoms with Crippen LogP contribution in [0.15, 0.2) is 24.3 Å². The number of rotatable bonds is 5. The summed E-state index contributed by atoms with van der Waals surface area (Å²) in [5, 5.41) is 12.3. The van der Waals surface area contributed by atoms with Gasteiger partial charge in [-0.25, -0.2) is 0 Å². The molecule has 3 nitrogen and oxygen atoms in total. The number of nitrogens with zero attached hydrogens (tertiary/aromatic N) is 2. The predicted octanol–water partition coefficient (Wildman–Crippen LogP) is 3.09. The standard InChI is InChI=1S/C16H23N3/c1-14(13-19-8-3-2-4-9-19)12-18-16-7-5-6-15(10-16)11-17/h5-7,10,14,18H,2-4,8-9,12-13H2,1H3. The largest absolute Gasteiger partial charge is 0.385 e. The number of anilines is 1. The van der Waals surface area contributed by atoms with Gasteiger partial charge in [-0.05, 0) is 50.0 Å². The fourth-order valence-corrected chi connectivity index (χ4v) is 2.64. The summed E-state index contributed by atoms with van der Waals surface area (Å²) >= 11 is 0. The van der Waals surface area contributed by atoms with Crippen molar-refractivity contribution in [3.8, 4) is 6.07 Å². The Bertz CT molecular complexity index is 430. The molecule has 1 atom stereocenters. The first-order valence-corrected chi connectivity index (χ1v) is 7.24. The van der Waals surface area contributed by atoms with E-state index in [1.807, 2.05) is 24.3 Å². The Balaban J connectivity index is 1.76. The van der Waals surface area contributed by atoms with Crippen LogP contribution in [0.1, 0.15) is 31.7 Å². The van der Waals surface area contributed by atoms with E-state index < -0.39 is 0 Å². The molecular formula is C16H23N3. The Hall–Kier alpha value is -1.53. The Labute approximate surface area is 116 Å². The minimum Gasteiger partial charge on any atom is -0.385 e. The average molecular weight is 257 g/mol. The minimum atomic E-state index is 0.629. The highest BCUT2D eigenvalue weighted by molar-refractivity contribution is 5.49. The molecule has 0 spiro atoms. The lowest BCUT2D eigenvalue weighted by atomic mass is 10.1. The van der Waals surface area contributed by atoms with Gasteiger partial charge < -0.3 is 10.2 Å². The highest BCUT2D eigenvalue weighted by Gasteiger charge is 2.13. The lowest BCUT2D eigenvalue weighted by Crippen LogP contribution is -2.35. The van der Waals surface area contributed by atoms with Crippen molar-refractivity contribution in [2.24, 2.45) is 5.92 Å². The third-order valence-corrected chi connectivity index (χ3v) is 3.66. The van der Waals surface area contributed by atoms with Gasteiger partial charge in [0.25, 0.3) is 0 Å². The number of piperidine rings is 1. The quantitative estimate of drug-likeness (QED) is 0.881. The number of nitriles is 1. The number of nitrogens with one attached hydrogen (secondary N) is 1. The molecule has 1 aliphatic rings. The summed E-state index contributed by atoms with van der Waals surface area (Å²) < 4.78 is 0. The summed E-state index contributed by atoms with van der Waals surface area (Å²) in [6.45, 7) is 6.94. The van der Waals surface area contributed by atoms with Gasteiger partial charge in [0.2, 0.25) is 0 Å². The zero-order valence-electron chi connectivity index (χ0n) is 11.7. The van der Waals surface area contributed by atoms with Crippen molar-refractivity contribution in [2.45, 2.75) is 26.2 Å². The van der Waals surface area contributed by atoms with E-state index in [-0.39, 0.29) is 0 Å². The predicted molar refractivity (Wildman–Crippen MR) is 79.1 cm³/mol. The van der Waals surface area contributed by atoms with Crippen molar-refractivity contribution in [3.63, 3.8) is 0 Å². The van der Waals surface area contributed by atoms with E-state index in [1.165, 1.54) is 38.9 Å². The molecule has 0 amide bonds. The zero-order chi connectivity index (χ0) is 13.5. The topological polar surface area (TPSA) is 39.1 Å². The molecule has 1 aromatic rings. The molecule has 3 heteroatoms. The summed E-state index contributed by atoms with van der Waals surface area (Å²) in [4.78, 5) is 2.57. The molecule has 1 aromatic carbocycles. The summed E-state index contributed by atoms with van der Waals surface area (Å²) in [6.07, 6.45) is 4.10. The van der Waals surface area contributed by atoms with Crippen molar-refractivity contribution in [2.75, 3.05) is 31.5 Å². The lowest BCUT2D eigenvalue weighted by molar-refractivity contribution is 0.204. The Morgan fingerprint density at radius 2 is 2.11 bits per heavy atom. The molecule has 102 valence electrons. The summed E-state index contributed by atoms with van der Waals surface area (Å²) in [6, 6.07) is 9.87. The van der Waals surface area contributed by atoms with E-state index in [0.29, 0.717) is 11.5 Å². The smallest absolute Gasteiger partial charge is 0.0992 e. The number of likely N-dealkylation sites (tertiary alicyclic amines) is 1. The van der Waals surface area contributed by atoms with Crippen molar-refractivity contribution in [1.82, 2.24) is 4.90 Å². The second-order valence-corrected chi connectivity index (χ2v) is 5.54. The molecule has 1 unspecified atom stereocenters. The van der Waals surface area contributed by atoms with Gasteiger partial charge in [0.05, 0.1) is 11.6 Å². The molecular weight excluding hydrogens is 234 g/mol. The van der Waals surface area contributed by atoms with Crippen LogP contribution in [-0.4, -0.2) is 31.1 Å². The van der Waals surface area contributed by atoms with Gasteiger partial charge in [0.1, 0.15) is 0 Å². The van der Waals surface area contributed by atoms with Crippen molar-refractivity contribution in [3.05, 3.63) is 29.8 Å². The van der Waals surface area contributed by atoms with Crippen LogP contribution in [0.3, 0.4) is 0 Å². The van der Waals surface area contributed by atoms with Crippen LogP contribution < -0.4 is 5.32 Å². The van der Waals surface area contributed by atoms with Crippen LogP contribution in [0, 0.1) is 17.2 Å². The number of hydrogen-bond donors (Lipinski definition) is 1. The van der Waals surface area contributed by atoms with Gasteiger partial charge in [0, 0.05) is 18.8 Å². The molecule has 1 saturated heterocycles. The SMILES string of the molecule is CC(CNc1cccc(C#N)c1)CN1CCCCC1. The summed E-state index contributed by atoms with van der Waals surface area (Å²) in [5.41, 5.74) is 1.76. The van der Waals surface area contributed by atoms with Crippen molar-refractivity contribution in [1.29, 1.82) is 5.26 Å². The zero-order valence-corrected chi connectivity index (χ0v) is 11.7. The first-order chi connectivity index (χ1) is 9.28. The first kappa shape index (κ1) is 13.9. The normalized spacial score (nSPS) is 17.7. The maximum Gasteiger partial charge on any atom is 0.0992 e. The molecule has 1 fully saturated rings. The molecule has 19 heavy (non-hydrogen) atoms. The van der Waals surface area contributed by atoms with E-state index >= 15 is 0 Å². The van der Waals surface area contributed by atoms with Gasteiger partial charge in [-0.2, -0.15) is 5.26 Å². The van der Waals surface area contributed by atoms with Gasteiger partial charge in [-0.1, -0.05) is 19.4 Å². The Morgan fingerprint density at radius 3 is 2.84 bits per heavy atom. The van der Waals surface area contributed by atoms with Gasteiger partial charge >= 0.3 is 0 Å². The Kier molecular flexibility index (Phi) is 5.23. The van der Waals surface area contributed by atoms with E-state index in [4.69, 9.17) is 5.26 Å². The van der Waals surface area contributed by atoms with E-state index in [0.717, 1.165) is 12.2 Å². The Morgan fingerprint density at radius 1 is 1.32 bits per heavy atom. The monoisotopic (exact) mass is 257 g/mol. The molecule has 1 aliphatic heterocycles. The number of hydrogen-bond acceptors (Lipinski definition) is 3. The fraction of sp³-hybridized carbons (Fsp3) is 0.562. The lowest BCUT2D eigenvalue weighted by Gasteiger charge is -2.29. The summed E-state index contributed by atoms with van der Waals surface area (Å²) in [5.74, 6) is 0.629. The van der Waals surface area contributed by atoms with Crippen molar-refractivity contribution < 1.29 is 0 Å². The minimum absolute atomic E-state index is 0.629. The molecule has 0 aliphatic carbocycles. The highest BCUT2D eigenvalue weighted by Crippen LogP contribution is 2.13. The van der Waals surface area contributed by atoms with Crippen LogP contribution in [-0.2, 0) is 0 Å². The van der Waals surface area contributed by atoms with E-state index in [9.17, 15) is 0 Å². The van der Waals surface area contributed by atoms with Crippen LogP contribution >= 0.6 is 0 Å². The second kappa shape index (κ2) is 7.16. The van der Waals surface area contributed by atoms with Gasteiger partial charge in [0.15, 0.2) is 0 Å². The van der Waals surface area contributed by atoms with Crippen LogP contribution in [0.2, 0.25) is 0 Å². The fourth-order valence-electron chi connectivity index (χ4n) is 2.64. The summed E-state index contributed by atoms with van der Waals surface area (Å²) in [7, 11) is 0. The maximum atomic E-state index is 8.87. The third-order valence-electron chi connectivity index (χ3n) is 3.66.